The average Bonchev–Trinajstić information content (AvgIpc) is 2.78. The van der Waals surface area contributed by atoms with Gasteiger partial charge >= 0.3 is 5.97 Å². The summed E-state index contributed by atoms with van der Waals surface area (Å²) in [6, 6.07) is 6.98. The van der Waals surface area contributed by atoms with Crippen LogP contribution in [0, 0.1) is 0 Å². The molecule has 1 unspecified atom stereocenters. The third-order valence-corrected chi connectivity index (χ3v) is 3.25. The summed E-state index contributed by atoms with van der Waals surface area (Å²) in [4.78, 5) is 37.2. The fourth-order valence-corrected chi connectivity index (χ4v) is 2.54. The fraction of sp³-hybridized carbons (Fsp3) is 0.250. The molecule has 3 rings (SSSR count). The molecule has 1 atom stereocenters. The molecule has 18 heavy (non-hydrogen) atoms. The molecule has 1 N–H and O–H groups in total. The molecule has 0 bridgehead atoms. The van der Waals surface area contributed by atoms with Gasteiger partial charge in [-0.1, -0.05) is 18.2 Å². The van der Waals surface area contributed by atoms with Gasteiger partial charge in [-0.05, 0) is 6.07 Å². The van der Waals surface area contributed by atoms with Gasteiger partial charge in [0.15, 0.2) is 0 Å². The van der Waals surface area contributed by atoms with Gasteiger partial charge in [0.2, 0.25) is 5.91 Å². The van der Waals surface area contributed by atoms with Gasteiger partial charge in [-0.15, -0.1) is 0 Å². The summed E-state index contributed by atoms with van der Waals surface area (Å²) >= 11 is 0. The van der Waals surface area contributed by atoms with Crippen LogP contribution in [0.3, 0.4) is 0 Å². The van der Waals surface area contributed by atoms with Gasteiger partial charge in [0, 0.05) is 11.1 Å². The van der Waals surface area contributed by atoms with E-state index >= 15 is 0 Å². The van der Waals surface area contributed by atoms with Crippen molar-refractivity contribution in [2.75, 3.05) is 13.1 Å². The van der Waals surface area contributed by atoms with Gasteiger partial charge in [0.25, 0.3) is 5.91 Å². The zero-order valence-electron chi connectivity index (χ0n) is 9.37. The van der Waals surface area contributed by atoms with E-state index in [1.54, 1.807) is 24.3 Å². The Morgan fingerprint density at radius 3 is 2.78 bits per heavy atom. The van der Waals surface area contributed by atoms with Crippen molar-refractivity contribution >= 4 is 17.8 Å². The molecule has 2 heterocycles. The summed E-state index contributed by atoms with van der Waals surface area (Å²) < 4.78 is 0. The lowest BCUT2D eigenvalue weighted by Gasteiger charge is -2.23. The summed E-state index contributed by atoms with van der Waals surface area (Å²) in [6.45, 7) is -0.437. The maximum atomic E-state index is 12.1. The summed E-state index contributed by atoms with van der Waals surface area (Å²) in [7, 11) is 0. The van der Waals surface area contributed by atoms with Crippen molar-refractivity contribution in [2.24, 2.45) is 0 Å². The van der Waals surface area contributed by atoms with Crippen LogP contribution in [0.4, 0.5) is 0 Å². The van der Waals surface area contributed by atoms with E-state index in [1.165, 1.54) is 9.80 Å². The van der Waals surface area contributed by atoms with E-state index in [0.717, 1.165) is 0 Å². The highest BCUT2D eigenvalue weighted by atomic mass is 16.4. The molecule has 1 saturated heterocycles. The van der Waals surface area contributed by atoms with Gasteiger partial charge in [-0.3, -0.25) is 14.4 Å². The number of carboxylic acids is 1. The molecule has 6 nitrogen and oxygen atoms in total. The smallest absolute Gasteiger partial charge is 0.323 e. The van der Waals surface area contributed by atoms with Crippen LogP contribution in [0.15, 0.2) is 24.3 Å². The van der Waals surface area contributed by atoms with E-state index in [4.69, 9.17) is 5.11 Å². The van der Waals surface area contributed by atoms with Crippen molar-refractivity contribution in [3.8, 4) is 0 Å². The second-order valence-corrected chi connectivity index (χ2v) is 4.31. The first-order valence-electron chi connectivity index (χ1n) is 5.51. The van der Waals surface area contributed by atoms with Crippen LogP contribution >= 0.6 is 0 Å². The van der Waals surface area contributed by atoms with Gasteiger partial charge in [-0.2, -0.15) is 0 Å². The minimum Gasteiger partial charge on any atom is -0.480 e. The molecule has 92 valence electrons. The quantitative estimate of drug-likeness (QED) is 0.800. The van der Waals surface area contributed by atoms with Crippen molar-refractivity contribution in [1.29, 1.82) is 0 Å². The number of aliphatic carboxylic acids is 1. The van der Waals surface area contributed by atoms with Gasteiger partial charge in [0.05, 0.1) is 0 Å². The molecule has 1 aromatic rings. The summed E-state index contributed by atoms with van der Waals surface area (Å²) in [5, 5.41) is 8.83. The fourth-order valence-electron chi connectivity index (χ4n) is 2.54. The van der Waals surface area contributed by atoms with E-state index in [2.05, 4.69) is 0 Å². The number of amides is 2. The predicted molar refractivity (Wildman–Crippen MR) is 59.6 cm³/mol. The third kappa shape index (κ3) is 1.32. The molecule has 2 amide bonds. The Bertz CT molecular complexity index is 569. The van der Waals surface area contributed by atoms with Gasteiger partial charge < -0.3 is 14.9 Å². The first kappa shape index (κ1) is 10.8. The SMILES string of the molecule is O=C(O)CN1C(=O)CN2C(=O)c3ccccc3C12. The number of carboxylic acid groups (broad SMARTS) is 1. The number of fused-ring (bicyclic) bond motifs is 3. The molecular formula is C12H10N2O4. The molecule has 0 spiro atoms. The Balaban J connectivity index is 2.05. The number of rotatable bonds is 2. The molecule has 1 aromatic carbocycles. The highest BCUT2D eigenvalue weighted by molar-refractivity contribution is 6.03. The highest BCUT2D eigenvalue weighted by Gasteiger charge is 2.48. The van der Waals surface area contributed by atoms with Crippen LogP contribution in [0.5, 0.6) is 0 Å². The maximum absolute atomic E-state index is 12.1. The molecule has 0 aliphatic carbocycles. The Hall–Kier alpha value is -2.37. The Kier molecular flexibility index (Phi) is 2.13. The van der Waals surface area contributed by atoms with Crippen LogP contribution < -0.4 is 0 Å². The van der Waals surface area contributed by atoms with Crippen LogP contribution in [0.25, 0.3) is 0 Å². The predicted octanol–water partition coefficient (Wildman–Crippen LogP) is 0.0678. The summed E-state index contributed by atoms with van der Waals surface area (Å²) in [5.41, 5.74) is 1.25. The number of nitrogens with zero attached hydrogens (tertiary/aromatic N) is 2. The number of hydrogen-bond acceptors (Lipinski definition) is 3. The Morgan fingerprint density at radius 1 is 1.33 bits per heavy atom. The lowest BCUT2D eigenvalue weighted by molar-refractivity contribution is -0.143. The number of hydrogen-bond donors (Lipinski definition) is 1. The Labute approximate surface area is 102 Å². The van der Waals surface area contributed by atoms with Crippen LogP contribution in [0.2, 0.25) is 0 Å². The van der Waals surface area contributed by atoms with E-state index in [1.807, 2.05) is 0 Å². The monoisotopic (exact) mass is 246 g/mol. The minimum absolute atomic E-state index is 0.0501. The lowest BCUT2D eigenvalue weighted by Crippen LogP contribution is -2.34. The molecule has 0 aromatic heterocycles. The van der Waals surface area contributed by atoms with Crippen LogP contribution in [-0.2, 0) is 9.59 Å². The molecule has 0 saturated carbocycles. The third-order valence-electron chi connectivity index (χ3n) is 3.25. The van der Waals surface area contributed by atoms with E-state index in [-0.39, 0.29) is 24.9 Å². The average molecular weight is 246 g/mol. The second kappa shape index (κ2) is 3.56. The van der Waals surface area contributed by atoms with E-state index < -0.39 is 12.1 Å². The first-order chi connectivity index (χ1) is 8.59. The molecule has 6 heteroatoms. The molecule has 2 aliphatic heterocycles. The lowest BCUT2D eigenvalue weighted by atomic mass is 10.1. The highest BCUT2D eigenvalue weighted by Crippen LogP contribution is 2.39. The van der Waals surface area contributed by atoms with E-state index in [0.29, 0.717) is 11.1 Å². The van der Waals surface area contributed by atoms with Crippen LogP contribution in [-0.4, -0.2) is 45.8 Å². The standard InChI is InChI=1S/C12H10N2O4/c15-9-5-14-11(13(9)6-10(16)17)7-3-1-2-4-8(7)12(14)18/h1-4,11H,5-6H2,(H,16,17). The summed E-state index contributed by atoms with van der Waals surface area (Å²) in [5.74, 6) is -1.62. The zero-order valence-corrected chi connectivity index (χ0v) is 9.37. The van der Waals surface area contributed by atoms with E-state index in [9.17, 15) is 14.4 Å². The van der Waals surface area contributed by atoms with Gasteiger partial charge in [0.1, 0.15) is 19.3 Å². The normalized spacial score (nSPS) is 21.2. The van der Waals surface area contributed by atoms with Crippen molar-refractivity contribution in [3.63, 3.8) is 0 Å². The molecule has 0 radical (unpaired) electrons. The van der Waals surface area contributed by atoms with Gasteiger partial charge in [-0.25, -0.2) is 0 Å². The van der Waals surface area contributed by atoms with Crippen molar-refractivity contribution in [2.45, 2.75) is 6.17 Å². The number of carbonyl (C=O) groups is 3. The van der Waals surface area contributed by atoms with Crippen molar-refractivity contribution in [1.82, 2.24) is 9.80 Å². The minimum atomic E-state index is -1.08. The molecular weight excluding hydrogens is 236 g/mol. The van der Waals surface area contributed by atoms with Crippen molar-refractivity contribution < 1.29 is 19.5 Å². The Morgan fingerprint density at radius 2 is 2.06 bits per heavy atom. The van der Waals surface area contributed by atoms with Crippen LogP contribution in [0.1, 0.15) is 22.1 Å². The maximum Gasteiger partial charge on any atom is 0.323 e. The largest absolute Gasteiger partial charge is 0.480 e. The number of carbonyl (C=O) groups excluding carboxylic acids is 2. The molecule has 2 aliphatic rings. The second-order valence-electron chi connectivity index (χ2n) is 4.31. The zero-order chi connectivity index (χ0) is 12.9. The summed E-state index contributed by atoms with van der Waals surface area (Å²) in [6.07, 6.45) is -0.558. The first-order valence-corrected chi connectivity index (χ1v) is 5.51. The molecule has 1 fully saturated rings. The number of benzene rings is 1. The topological polar surface area (TPSA) is 77.9 Å². The van der Waals surface area contributed by atoms with Crippen molar-refractivity contribution in [3.05, 3.63) is 35.4 Å².